The van der Waals surface area contributed by atoms with Crippen LogP contribution in [-0.4, -0.2) is 35.1 Å². The molecule has 0 aliphatic rings. The summed E-state index contributed by atoms with van der Waals surface area (Å²) in [5, 5.41) is 0.494. The van der Waals surface area contributed by atoms with Crippen molar-refractivity contribution in [3.8, 4) is 0 Å². The van der Waals surface area contributed by atoms with Crippen LogP contribution in [0.1, 0.15) is 26.7 Å². The molecule has 0 unspecified atom stereocenters. The minimum Gasteiger partial charge on any atom is -0.383 e. The van der Waals surface area contributed by atoms with Crippen LogP contribution in [0, 0.1) is 0 Å². The number of methoxy groups -OCH3 is 1. The minimum absolute atomic E-state index is 0.441. The standard InChI is InChI=1S/C10H18ClN3OS/c1-4-8(5-2)14(6-7-15-3)10-9(11)12-16-13-10/h8H,4-7H2,1-3H3. The van der Waals surface area contributed by atoms with Gasteiger partial charge in [0.05, 0.1) is 18.3 Å². The number of rotatable bonds is 7. The highest BCUT2D eigenvalue weighted by atomic mass is 35.5. The maximum atomic E-state index is 6.03. The predicted octanol–water partition coefficient (Wildman–Crippen LogP) is 2.83. The quantitative estimate of drug-likeness (QED) is 0.758. The van der Waals surface area contributed by atoms with Crippen molar-refractivity contribution < 1.29 is 4.74 Å². The Morgan fingerprint density at radius 1 is 1.38 bits per heavy atom. The maximum Gasteiger partial charge on any atom is 0.187 e. The molecule has 1 aromatic heterocycles. The van der Waals surface area contributed by atoms with E-state index in [4.69, 9.17) is 16.3 Å². The van der Waals surface area contributed by atoms with Crippen LogP contribution >= 0.6 is 23.3 Å². The Balaban J connectivity index is 2.82. The summed E-state index contributed by atoms with van der Waals surface area (Å²) < 4.78 is 13.4. The topological polar surface area (TPSA) is 38.2 Å². The highest BCUT2D eigenvalue weighted by Crippen LogP contribution is 2.26. The molecule has 0 saturated heterocycles. The van der Waals surface area contributed by atoms with E-state index in [-0.39, 0.29) is 0 Å². The van der Waals surface area contributed by atoms with Gasteiger partial charge in [-0.25, -0.2) is 0 Å². The third-order valence-electron chi connectivity index (χ3n) is 2.62. The monoisotopic (exact) mass is 263 g/mol. The lowest BCUT2D eigenvalue weighted by Gasteiger charge is -2.30. The highest BCUT2D eigenvalue weighted by molar-refractivity contribution is 6.99. The van der Waals surface area contributed by atoms with Crippen molar-refractivity contribution in [2.24, 2.45) is 0 Å². The maximum absolute atomic E-state index is 6.03. The lowest BCUT2D eigenvalue weighted by atomic mass is 10.1. The third-order valence-corrected chi connectivity index (χ3v) is 3.50. The molecule has 0 aromatic carbocycles. The zero-order valence-corrected chi connectivity index (χ0v) is 11.5. The van der Waals surface area contributed by atoms with Gasteiger partial charge in [0.1, 0.15) is 0 Å². The first-order valence-corrected chi connectivity index (χ1v) is 6.59. The molecular weight excluding hydrogens is 246 g/mol. The van der Waals surface area contributed by atoms with Gasteiger partial charge in [0.15, 0.2) is 11.0 Å². The molecule has 0 fully saturated rings. The Hall–Kier alpha value is -0.390. The van der Waals surface area contributed by atoms with E-state index in [1.54, 1.807) is 7.11 Å². The van der Waals surface area contributed by atoms with Crippen LogP contribution in [-0.2, 0) is 4.74 Å². The minimum atomic E-state index is 0.441. The molecule has 0 bridgehead atoms. The Labute approximate surface area is 106 Å². The van der Waals surface area contributed by atoms with Gasteiger partial charge < -0.3 is 9.64 Å². The number of aromatic nitrogens is 2. The van der Waals surface area contributed by atoms with Gasteiger partial charge in [-0.1, -0.05) is 25.4 Å². The molecule has 0 radical (unpaired) electrons. The molecule has 6 heteroatoms. The first-order chi connectivity index (χ1) is 7.74. The van der Waals surface area contributed by atoms with Gasteiger partial charge >= 0.3 is 0 Å². The molecule has 0 saturated carbocycles. The van der Waals surface area contributed by atoms with Crippen molar-refractivity contribution >= 4 is 29.1 Å². The predicted molar refractivity (Wildman–Crippen MR) is 68.5 cm³/mol. The van der Waals surface area contributed by atoms with Crippen molar-refractivity contribution in [3.63, 3.8) is 0 Å². The van der Waals surface area contributed by atoms with E-state index in [2.05, 4.69) is 27.5 Å². The number of halogens is 1. The van der Waals surface area contributed by atoms with Gasteiger partial charge in [0.25, 0.3) is 0 Å². The Kier molecular flexibility index (Phi) is 6.01. The van der Waals surface area contributed by atoms with Gasteiger partial charge in [-0.3, -0.25) is 0 Å². The zero-order valence-electron chi connectivity index (χ0n) is 9.94. The zero-order chi connectivity index (χ0) is 12.0. The second kappa shape index (κ2) is 7.04. The van der Waals surface area contributed by atoms with Gasteiger partial charge in [-0.15, -0.1) is 0 Å². The average Bonchev–Trinajstić information content (AvgIpc) is 2.71. The van der Waals surface area contributed by atoms with Crippen molar-refractivity contribution in [2.75, 3.05) is 25.2 Å². The molecule has 0 atom stereocenters. The van der Waals surface area contributed by atoms with Crippen molar-refractivity contribution in [2.45, 2.75) is 32.7 Å². The van der Waals surface area contributed by atoms with Crippen LogP contribution < -0.4 is 4.90 Å². The second-order valence-corrected chi connectivity index (χ2v) is 4.42. The van der Waals surface area contributed by atoms with E-state index in [1.807, 2.05) is 0 Å². The summed E-state index contributed by atoms with van der Waals surface area (Å²) in [6.45, 7) is 5.81. The molecule has 0 aliphatic heterocycles. The summed E-state index contributed by atoms with van der Waals surface area (Å²) in [6.07, 6.45) is 2.13. The highest BCUT2D eigenvalue weighted by Gasteiger charge is 2.20. The van der Waals surface area contributed by atoms with E-state index in [0.29, 0.717) is 17.8 Å². The molecular formula is C10H18ClN3OS. The number of hydrogen-bond donors (Lipinski definition) is 0. The van der Waals surface area contributed by atoms with Gasteiger partial charge in [-0.05, 0) is 12.8 Å². The molecule has 4 nitrogen and oxygen atoms in total. The number of ether oxygens (including phenoxy) is 1. The number of hydrogen-bond acceptors (Lipinski definition) is 5. The molecule has 16 heavy (non-hydrogen) atoms. The summed E-state index contributed by atoms with van der Waals surface area (Å²) in [5.74, 6) is 0.789. The summed E-state index contributed by atoms with van der Waals surface area (Å²) in [4.78, 5) is 2.19. The van der Waals surface area contributed by atoms with Crippen LogP contribution in [0.3, 0.4) is 0 Å². The Bertz CT molecular complexity index is 304. The van der Waals surface area contributed by atoms with E-state index in [1.165, 1.54) is 0 Å². The summed E-state index contributed by atoms with van der Waals surface area (Å²) in [6, 6.07) is 0.441. The summed E-state index contributed by atoms with van der Waals surface area (Å²) in [5.41, 5.74) is 0. The van der Waals surface area contributed by atoms with Crippen molar-refractivity contribution in [3.05, 3.63) is 5.15 Å². The van der Waals surface area contributed by atoms with E-state index in [9.17, 15) is 0 Å². The largest absolute Gasteiger partial charge is 0.383 e. The molecule has 0 amide bonds. The van der Waals surface area contributed by atoms with Gasteiger partial charge in [0, 0.05) is 19.7 Å². The van der Waals surface area contributed by atoms with Gasteiger partial charge in [-0.2, -0.15) is 8.75 Å². The van der Waals surface area contributed by atoms with Crippen LogP contribution in [0.4, 0.5) is 5.82 Å². The fourth-order valence-electron chi connectivity index (χ4n) is 1.72. The molecule has 1 heterocycles. The summed E-state index contributed by atoms with van der Waals surface area (Å²) >= 11 is 7.18. The van der Waals surface area contributed by atoms with Crippen LogP contribution in [0.25, 0.3) is 0 Å². The smallest absolute Gasteiger partial charge is 0.187 e. The van der Waals surface area contributed by atoms with E-state index < -0.39 is 0 Å². The molecule has 92 valence electrons. The van der Waals surface area contributed by atoms with Crippen LogP contribution in [0.15, 0.2) is 0 Å². The fraction of sp³-hybridized carbons (Fsp3) is 0.800. The molecule has 0 aliphatic carbocycles. The van der Waals surface area contributed by atoms with Crippen molar-refractivity contribution in [1.29, 1.82) is 0 Å². The Morgan fingerprint density at radius 3 is 2.50 bits per heavy atom. The molecule has 1 rings (SSSR count). The normalized spacial score (nSPS) is 11.1. The second-order valence-electron chi connectivity index (χ2n) is 3.54. The first kappa shape index (κ1) is 13.7. The van der Waals surface area contributed by atoms with Gasteiger partial charge in [0.2, 0.25) is 0 Å². The number of nitrogens with zero attached hydrogens (tertiary/aromatic N) is 3. The SMILES string of the molecule is CCC(CC)N(CCOC)c1nsnc1Cl. The Morgan fingerprint density at radius 2 is 2.06 bits per heavy atom. The van der Waals surface area contributed by atoms with Crippen LogP contribution in [0.5, 0.6) is 0 Å². The third kappa shape index (κ3) is 3.30. The molecule has 0 N–H and O–H groups in total. The number of anilines is 1. The van der Waals surface area contributed by atoms with E-state index >= 15 is 0 Å². The first-order valence-electron chi connectivity index (χ1n) is 5.48. The lowest BCUT2D eigenvalue weighted by molar-refractivity contribution is 0.202. The molecule has 0 spiro atoms. The summed E-state index contributed by atoms with van der Waals surface area (Å²) in [7, 11) is 1.70. The molecule has 1 aromatic rings. The fourth-order valence-corrected chi connectivity index (χ4v) is 2.48. The lowest BCUT2D eigenvalue weighted by Crippen LogP contribution is -2.37. The van der Waals surface area contributed by atoms with Crippen LogP contribution in [0.2, 0.25) is 5.15 Å². The van der Waals surface area contributed by atoms with Crippen molar-refractivity contribution in [1.82, 2.24) is 8.75 Å². The average molecular weight is 264 g/mol. The van der Waals surface area contributed by atoms with E-state index in [0.717, 1.165) is 36.9 Å².